The Morgan fingerprint density at radius 2 is 1.87 bits per heavy atom. The molecular formula is C24H27ClN4O. The van der Waals surface area contributed by atoms with Crippen LogP contribution in [0.3, 0.4) is 0 Å². The Morgan fingerprint density at radius 3 is 2.60 bits per heavy atom. The van der Waals surface area contributed by atoms with Gasteiger partial charge in [-0.25, -0.2) is 4.98 Å². The van der Waals surface area contributed by atoms with Crippen LogP contribution in [0.2, 0.25) is 5.02 Å². The molecule has 1 aliphatic rings. The number of aliphatic hydroxyl groups excluding tert-OH is 1. The number of nitrogens with one attached hydrogen (secondary N) is 1. The van der Waals surface area contributed by atoms with Gasteiger partial charge in [-0.05, 0) is 54.2 Å². The number of rotatable bonds is 5. The Balaban J connectivity index is 1.62. The molecule has 2 aromatic carbocycles. The van der Waals surface area contributed by atoms with Gasteiger partial charge in [-0.15, -0.1) is 0 Å². The number of benzene rings is 2. The summed E-state index contributed by atoms with van der Waals surface area (Å²) < 4.78 is 0. The molecule has 156 valence electrons. The zero-order chi connectivity index (χ0) is 21.3. The lowest BCUT2D eigenvalue weighted by molar-refractivity contribution is 0.199. The zero-order valence-electron chi connectivity index (χ0n) is 17.6. The fourth-order valence-electron chi connectivity index (χ4n) is 3.69. The van der Waals surface area contributed by atoms with Crippen LogP contribution in [-0.4, -0.2) is 21.6 Å². The van der Waals surface area contributed by atoms with Crippen molar-refractivity contribution in [1.29, 1.82) is 0 Å². The van der Waals surface area contributed by atoms with Crippen LogP contribution in [0.4, 0.5) is 17.5 Å². The third-order valence-corrected chi connectivity index (χ3v) is 5.69. The first-order valence-electron chi connectivity index (χ1n) is 10.4. The van der Waals surface area contributed by atoms with Gasteiger partial charge in [0.05, 0.1) is 11.8 Å². The summed E-state index contributed by atoms with van der Waals surface area (Å²) in [5, 5.41) is 13.8. The molecule has 4 rings (SSSR count). The molecule has 0 saturated carbocycles. The topological polar surface area (TPSA) is 61.3 Å². The zero-order valence-corrected chi connectivity index (χ0v) is 18.3. The van der Waals surface area contributed by atoms with Crippen LogP contribution in [-0.2, 0) is 13.0 Å². The molecule has 1 aliphatic heterocycles. The molecule has 0 bridgehead atoms. The van der Waals surface area contributed by atoms with E-state index in [1.54, 1.807) is 6.92 Å². The smallest absolute Gasteiger partial charge is 0.229 e. The van der Waals surface area contributed by atoms with Crippen molar-refractivity contribution in [3.63, 3.8) is 0 Å². The molecule has 2 heterocycles. The van der Waals surface area contributed by atoms with E-state index in [1.165, 1.54) is 11.1 Å². The Kier molecular flexibility index (Phi) is 5.93. The van der Waals surface area contributed by atoms with Crippen molar-refractivity contribution < 1.29 is 5.11 Å². The number of nitrogens with zero attached hydrogens (tertiary/aromatic N) is 3. The summed E-state index contributed by atoms with van der Waals surface area (Å²) in [5.41, 5.74) is 5.42. The molecule has 5 nitrogen and oxygen atoms in total. The van der Waals surface area contributed by atoms with Gasteiger partial charge in [0.1, 0.15) is 5.82 Å². The molecule has 30 heavy (non-hydrogen) atoms. The lowest BCUT2D eigenvalue weighted by Crippen LogP contribution is -2.31. The van der Waals surface area contributed by atoms with Crippen LogP contribution >= 0.6 is 11.6 Å². The standard InChI is InChI=1S/C24H27ClN4O/c1-15(2)22-13-23(28-24(27-22)26-21-6-4-5-20(25)12-21)29-10-9-18-11-17(16(3)30)7-8-19(18)14-29/h4-8,11-13,15-16,30H,9-10,14H2,1-3H3,(H,26,27,28)/t16-/m1/s1. The van der Waals surface area contributed by atoms with Crippen molar-refractivity contribution in [3.05, 3.63) is 75.9 Å². The number of aromatic nitrogens is 2. The fraction of sp³-hybridized carbons (Fsp3) is 0.333. The SMILES string of the molecule is CC(C)c1cc(N2CCc3cc([C@@H](C)O)ccc3C2)nc(Nc2cccc(Cl)c2)n1. The molecular weight excluding hydrogens is 396 g/mol. The Morgan fingerprint density at radius 1 is 1.03 bits per heavy atom. The van der Waals surface area contributed by atoms with Gasteiger partial charge in [-0.1, -0.05) is 49.7 Å². The van der Waals surface area contributed by atoms with E-state index in [0.29, 0.717) is 11.0 Å². The molecule has 0 fully saturated rings. The normalized spacial score (nSPS) is 14.5. The predicted molar refractivity (Wildman–Crippen MR) is 123 cm³/mol. The van der Waals surface area contributed by atoms with Crippen molar-refractivity contribution in [2.24, 2.45) is 0 Å². The van der Waals surface area contributed by atoms with Crippen molar-refractivity contribution in [2.75, 3.05) is 16.8 Å². The van der Waals surface area contributed by atoms with Gasteiger partial charge >= 0.3 is 0 Å². The monoisotopic (exact) mass is 422 g/mol. The third-order valence-electron chi connectivity index (χ3n) is 5.45. The summed E-state index contributed by atoms with van der Waals surface area (Å²) in [4.78, 5) is 11.8. The molecule has 1 atom stereocenters. The van der Waals surface area contributed by atoms with Gasteiger partial charge in [0.15, 0.2) is 0 Å². The van der Waals surface area contributed by atoms with E-state index in [9.17, 15) is 5.11 Å². The van der Waals surface area contributed by atoms with Gasteiger partial charge in [0.25, 0.3) is 0 Å². The molecule has 3 aromatic rings. The van der Waals surface area contributed by atoms with E-state index in [4.69, 9.17) is 21.6 Å². The molecule has 0 spiro atoms. The van der Waals surface area contributed by atoms with Crippen LogP contribution in [0.1, 0.15) is 55.2 Å². The second-order valence-corrected chi connectivity index (χ2v) is 8.58. The highest BCUT2D eigenvalue weighted by Gasteiger charge is 2.20. The van der Waals surface area contributed by atoms with E-state index in [0.717, 1.165) is 42.3 Å². The Labute approximate surface area is 182 Å². The van der Waals surface area contributed by atoms with Crippen LogP contribution < -0.4 is 10.2 Å². The summed E-state index contributed by atoms with van der Waals surface area (Å²) in [7, 11) is 0. The number of fused-ring (bicyclic) bond motifs is 1. The average molecular weight is 423 g/mol. The van der Waals surface area contributed by atoms with Gasteiger partial charge in [-0.3, -0.25) is 0 Å². The third kappa shape index (κ3) is 4.58. The maximum Gasteiger partial charge on any atom is 0.229 e. The minimum atomic E-state index is -0.441. The summed E-state index contributed by atoms with van der Waals surface area (Å²) in [6.45, 7) is 7.75. The molecule has 6 heteroatoms. The summed E-state index contributed by atoms with van der Waals surface area (Å²) in [6, 6.07) is 15.9. The van der Waals surface area contributed by atoms with Crippen LogP contribution in [0, 0.1) is 0 Å². The predicted octanol–water partition coefficient (Wildman–Crippen LogP) is 5.61. The lowest BCUT2D eigenvalue weighted by atomic mass is 9.95. The highest BCUT2D eigenvalue weighted by Crippen LogP contribution is 2.29. The highest BCUT2D eigenvalue weighted by molar-refractivity contribution is 6.30. The molecule has 0 amide bonds. The molecule has 0 saturated heterocycles. The van der Waals surface area contributed by atoms with Gasteiger partial charge < -0.3 is 15.3 Å². The first-order valence-corrected chi connectivity index (χ1v) is 10.7. The van der Waals surface area contributed by atoms with Crippen molar-refractivity contribution >= 4 is 29.1 Å². The van der Waals surface area contributed by atoms with Crippen LogP contribution in [0.25, 0.3) is 0 Å². The first kappa shape index (κ1) is 20.6. The number of halogens is 1. The van der Waals surface area contributed by atoms with Crippen molar-refractivity contribution in [2.45, 2.75) is 45.8 Å². The molecule has 1 aromatic heterocycles. The van der Waals surface area contributed by atoms with Crippen LogP contribution in [0.5, 0.6) is 0 Å². The quantitative estimate of drug-likeness (QED) is 0.559. The maximum atomic E-state index is 9.86. The van der Waals surface area contributed by atoms with Crippen molar-refractivity contribution in [3.8, 4) is 0 Å². The first-order chi connectivity index (χ1) is 14.4. The summed E-state index contributed by atoms with van der Waals surface area (Å²) in [6.07, 6.45) is 0.484. The minimum absolute atomic E-state index is 0.289. The molecule has 0 radical (unpaired) electrons. The maximum absolute atomic E-state index is 9.86. The number of anilines is 3. The van der Waals surface area contributed by atoms with E-state index >= 15 is 0 Å². The number of hydrogen-bond donors (Lipinski definition) is 2. The van der Waals surface area contributed by atoms with Gasteiger partial charge in [-0.2, -0.15) is 4.98 Å². The highest BCUT2D eigenvalue weighted by atomic mass is 35.5. The minimum Gasteiger partial charge on any atom is -0.389 e. The van der Waals surface area contributed by atoms with E-state index in [2.05, 4.69) is 42.3 Å². The summed E-state index contributed by atoms with van der Waals surface area (Å²) in [5.74, 6) is 1.79. The largest absolute Gasteiger partial charge is 0.389 e. The van der Waals surface area contributed by atoms with Gasteiger partial charge in [0.2, 0.25) is 5.95 Å². The van der Waals surface area contributed by atoms with E-state index in [-0.39, 0.29) is 5.92 Å². The molecule has 2 N–H and O–H groups in total. The number of hydrogen-bond acceptors (Lipinski definition) is 5. The van der Waals surface area contributed by atoms with Crippen molar-refractivity contribution in [1.82, 2.24) is 9.97 Å². The van der Waals surface area contributed by atoms with E-state index < -0.39 is 6.10 Å². The van der Waals surface area contributed by atoms with Gasteiger partial charge in [0, 0.05) is 29.9 Å². The lowest BCUT2D eigenvalue weighted by Gasteiger charge is -2.31. The summed E-state index contributed by atoms with van der Waals surface area (Å²) >= 11 is 6.12. The molecule has 0 unspecified atom stereocenters. The average Bonchev–Trinajstić information content (AvgIpc) is 2.72. The fourth-order valence-corrected chi connectivity index (χ4v) is 3.88. The van der Waals surface area contributed by atoms with E-state index in [1.807, 2.05) is 30.3 Å². The Hall–Kier alpha value is -2.63. The Bertz CT molecular complexity index is 1050. The molecule has 0 aliphatic carbocycles. The number of aliphatic hydroxyl groups is 1. The van der Waals surface area contributed by atoms with Crippen LogP contribution in [0.15, 0.2) is 48.5 Å². The second kappa shape index (κ2) is 8.62. The second-order valence-electron chi connectivity index (χ2n) is 8.14.